The molecule has 0 amide bonds. The van der Waals surface area contributed by atoms with Crippen LogP contribution in [-0.4, -0.2) is 25.6 Å². The van der Waals surface area contributed by atoms with Gasteiger partial charge in [0, 0.05) is 22.5 Å². The van der Waals surface area contributed by atoms with E-state index in [0.29, 0.717) is 16.6 Å². The first-order valence-electron chi connectivity index (χ1n) is 10.3. The zero-order chi connectivity index (χ0) is 22.9. The second-order valence-electron chi connectivity index (χ2n) is 7.50. The van der Waals surface area contributed by atoms with Crippen LogP contribution < -0.4 is 4.72 Å². The highest BCUT2D eigenvalue weighted by atomic mass is 32.2. The summed E-state index contributed by atoms with van der Waals surface area (Å²) < 4.78 is 35.5. The molecule has 0 saturated carbocycles. The van der Waals surface area contributed by atoms with Crippen molar-refractivity contribution in [3.05, 3.63) is 89.6 Å². The van der Waals surface area contributed by atoms with Crippen LogP contribution in [0.25, 0.3) is 16.6 Å². The Morgan fingerprint density at radius 2 is 1.66 bits per heavy atom. The van der Waals surface area contributed by atoms with Gasteiger partial charge in [0.05, 0.1) is 22.6 Å². The lowest BCUT2D eigenvalue weighted by atomic mass is 10.1. The Labute approximate surface area is 187 Å². The van der Waals surface area contributed by atoms with E-state index in [1.165, 1.54) is 12.1 Å². The van der Waals surface area contributed by atoms with Crippen LogP contribution in [-0.2, 0) is 14.8 Å². The number of benzene rings is 3. The standard InChI is InChI=1S/C25H24N2O4S/c1-4-31-25(28)24-18(3)27(20-13-10-17(2)11-14-20)23-15-12-19(16-22(23)24)26-32(29,30)21-8-6-5-7-9-21/h5-16,26H,4H2,1-3H3. The quantitative estimate of drug-likeness (QED) is 0.410. The number of rotatable bonds is 6. The van der Waals surface area contributed by atoms with Crippen LogP contribution in [0.5, 0.6) is 0 Å². The SMILES string of the molecule is CCOC(=O)c1c(C)n(-c2ccc(C)cc2)c2ccc(NS(=O)(=O)c3ccccc3)cc12. The van der Waals surface area contributed by atoms with Crippen molar-refractivity contribution in [2.24, 2.45) is 0 Å². The number of hydrogen-bond acceptors (Lipinski definition) is 4. The average Bonchev–Trinajstić information content (AvgIpc) is 3.06. The molecule has 6 nitrogen and oxygen atoms in total. The molecular formula is C25H24N2O4S. The van der Waals surface area contributed by atoms with Crippen LogP contribution in [0.15, 0.2) is 77.7 Å². The van der Waals surface area contributed by atoms with Crippen LogP contribution in [0.2, 0.25) is 0 Å². The molecule has 164 valence electrons. The third-order valence-electron chi connectivity index (χ3n) is 5.28. The maximum Gasteiger partial charge on any atom is 0.340 e. The minimum absolute atomic E-state index is 0.166. The summed E-state index contributed by atoms with van der Waals surface area (Å²) in [5, 5.41) is 0.620. The molecule has 7 heteroatoms. The van der Waals surface area contributed by atoms with E-state index in [-0.39, 0.29) is 11.5 Å². The Morgan fingerprint density at radius 3 is 2.31 bits per heavy atom. The molecule has 0 atom stereocenters. The maximum absolute atomic E-state index is 12.8. The predicted octanol–water partition coefficient (Wildman–Crippen LogP) is 5.22. The van der Waals surface area contributed by atoms with Crippen LogP contribution in [0.4, 0.5) is 5.69 Å². The zero-order valence-corrected chi connectivity index (χ0v) is 18.9. The van der Waals surface area contributed by atoms with Crippen LogP contribution in [0.3, 0.4) is 0 Å². The number of ether oxygens (including phenoxy) is 1. The smallest absolute Gasteiger partial charge is 0.340 e. The molecule has 3 aromatic carbocycles. The number of nitrogens with zero attached hydrogens (tertiary/aromatic N) is 1. The van der Waals surface area contributed by atoms with Gasteiger partial charge in [-0.05, 0) is 63.2 Å². The summed E-state index contributed by atoms with van der Waals surface area (Å²) in [5.74, 6) is -0.441. The van der Waals surface area contributed by atoms with Crippen molar-refractivity contribution >= 4 is 32.6 Å². The minimum Gasteiger partial charge on any atom is -0.462 e. The van der Waals surface area contributed by atoms with Gasteiger partial charge in [-0.1, -0.05) is 35.9 Å². The van der Waals surface area contributed by atoms with E-state index in [2.05, 4.69) is 4.72 Å². The summed E-state index contributed by atoms with van der Waals surface area (Å²) >= 11 is 0. The Kier molecular flexibility index (Phi) is 5.76. The second kappa shape index (κ2) is 8.51. The summed E-state index contributed by atoms with van der Waals surface area (Å²) in [5.41, 5.74) is 4.34. The lowest BCUT2D eigenvalue weighted by molar-refractivity contribution is 0.0527. The zero-order valence-electron chi connectivity index (χ0n) is 18.1. The first kappa shape index (κ1) is 21.6. The summed E-state index contributed by atoms with van der Waals surface area (Å²) in [6, 6.07) is 21.3. The molecule has 0 saturated heterocycles. The van der Waals surface area contributed by atoms with E-state index in [1.807, 2.05) is 48.7 Å². The molecule has 32 heavy (non-hydrogen) atoms. The summed E-state index contributed by atoms with van der Waals surface area (Å²) in [7, 11) is -3.76. The van der Waals surface area contributed by atoms with Crippen LogP contribution >= 0.6 is 0 Å². The third kappa shape index (κ3) is 3.99. The molecule has 0 bridgehead atoms. The van der Waals surface area contributed by atoms with Gasteiger partial charge in [0.2, 0.25) is 0 Å². The van der Waals surface area contributed by atoms with Crippen LogP contribution in [0, 0.1) is 13.8 Å². The molecule has 0 spiro atoms. The number of carbonyl (C=O) groups is 1. The van der Waals surface area contributed by atoms with E-state index in [1.54, 1.807) is 37.3 Å². The van der Waals surface area contributed by atoms with Gasteiger partial charge in [0.15, 0.2) is 0 Å². The molecule has 1 N–H and O–H groups in total. The number of aryl methyl sites for hydroxylation is 1. The molecule has 0 unspecified atom stereocenters. The Balaban J connectivity index is 1.87. The third-order valence-corrected chi connectivity index (χ3v) is 6.68. The Bertz CT molecular complexity index is 1390. The molecule has 4 rings (SSSR count). The van der Waals surface area contributed by atoms with Gasteiger partial charge in [-0.2, -0.15) is 0 Å². The molecule has 0 aliphatic carbocycles. The molecule has 1 aromatic heterocycles. The number of anilines is 1. The first-order valence-corrected chi connectivity index (χ1v) is 11.8. The first-order chi connectivity index (χ1) is 15.3. The van der Waals surface area contributed by atoms with Gasteiger partial charge in [-0.25, -0.2) is 13.2 Å². The normalized spacial score (nSPS) is 11.5. The number of esters is 1. The fourth-order valence-corrected chi connectivity index (χ4v) is 4.85. The van der Waals surface area contributed by atoms with Gasteiger partial charge in [0.1, 0.15) is 0 Å². The Hall–Kier alpha value is -3.58. The van der Waals surface area contributed by atoms with Crippen molar-refractivity contribution in [2.75, 3.05) is 11.3 Å². The number of hydrogen-bond donors (Lipinski definition) is 1. The fraction of sp³-hybridized carbons (Fsp3) is 0.160. The van der Waals surface area contributed by atoms with E-state index in [4.69, 9.17) is 4.74 Å². The van der Waals surface area contributed by atoms with E-state index >= 15 is 0 Å². The highest BCUT2D eigenvalue weighted by molar-refractivity contribution is 7.92. The maximum atomic E-state index is 12.8. The molecule has 0 radical (unpaired) electrons. The molecule has 0 aliphatic rings. The number of aromatic nitrogens is 1. The summed E-state index contributed by atoms with van der Waals surface area (Å²) in [6.07, 6.45) is 0. The van der Waals surface area contributed by atoms with Crippen LogP contribution in [0.1, 0.15) is 28.5 Å². The summed E-state index contributed by atoms with van der Waals surface area (Å²) in [4.78, 5) is 13.0. The van der Waals surface area contributed by atoms with E-state index in [9.17, 15) is 13.2 Å². The highest BCUT2D eigenvalue weighted by Gasteiger charge is 2.23. The number of nitrogens with one attached hydrogen (secondary N) is 1. The highest BCUT2D eigenvalue weighted by Crippen LogP contribution is 2.32. The topological polar surface area (TPSA) is 77.4 Å². The van der Waals surface area contributed by atoms with E-state index in [0.717, 1.165) is 22.5 Å². The van der Waals surface area contributed by atoms with Gasteiger partial charge >= 0.3 is 5.97 Å². The molecule has 0 aliphatic heterocycles. The molecule has 4 aromatic rings. The lowest BCUT2D eigenvalue weighted by Crippen LogP contribution is -2.12. The molecule has 1 heterocycles. The predicted molar refractivity (Wildman–Crippen MR) is 126 cm³/mol. The Morgan fingerprint density at radius 1 is 0.969 bits per heavy atom. The number of carbonyl (C=O) groups excluding carboxylic acids is 1. The van der Waals surface area contributed by atoms with Crippen molar-refractivity contribution in [1.29, 1.82) is 0 Å². The van der Waals surface area contributed by atoms with Gasteiger partial charge < -0.3 is 9.30 Å². The van der Waals surface area contributed by atoms with Gasteiger partial charge in [-0.15, -0.1) is 0 Å². The monoisotopic (exact) mass is 448 g/mol. The second-order valence-corrected chi connectivity index (χ2v) is 9.18. The van der Waals surface area contributed by atoms with Crippen molar-refractivity contribution in [3.8, 4) is 5.69 Å². The van der Waals surface area contributed by atoms with Crippen molar-refractivity contribution in [2.45, 2.75) is 25.7 Å². The van der Waals surface area contributed by atoms with Gasteiger partial charge in [-0.3, -0.25) is 4.72 Å². The minimum atomic E-state index is -3.76. The number of fused-ring (bicyclic) bond motifs is 1. The van der Waals surface area contributed by atoms with Crippen molar-refractivity contribution in [1.82, 2.24) is 4.57 Å². The van der Waals surface area contributed by atoms with Crippen molar-refractivity contribution < 1.29 is 17.9 Å². The largest absolute Gasteiger partial charge is 0.462 e. The average molecular weight is 449 g/mol. The molecular weight excluding hydrogens is 424 g/mol. The van der Waals surface area contributed by atoms with Crippen molar-refractivity contribution in [3.63, 3.8) is 0 Å². The van der Waals surface area contributed by atoms with E-state index < -0.39 is 16.0 Å². The fourth-order valence-electron chi connectivity index (χ4n) is 3.78. The molecule has 0 fully saturated rings. The number of sulfonamides is 1. The summed E-state index contributed by atoms with van der Waals surface area (Å²) in [6.45, 7) is 5.88. The lowest BCUT2D eigenvalue weighted by Gasteiger charge is -2.10. The van der Waals surface area contributed by atoms with Gasteiger partial charge in [0.25, 0.3) is 10.0 Å².